The zero-order chi connectivity index (χ0) is 19.7. The van der Waals surface area contributed by atoms with Gasteiger partial charge in [0.2, 0.25) is 5.91 Å². The van der Waals surface area contributed by atoms with Gasteiger partial charge in [-0.25, -0.2) is 4.79 Å². The van der Waals surface area contributed by atoms with Crippen LogP contribution in [0.25, 0.3) is 0 Å². The summed E-state index contributed by atoms with van der Waals surface area (Å²) in [6, 6.07) is 11.9. The van der Waals surface area contributed by atoms with Gasteiger partial charge in [0.1, 0.15) is 12.6 Å². The lowest BCUT2D eigenvalue weighted by Gasteiger charge is -2.19. The molecule has 1 fully saturated rings. The lowest BCUT2D eigenvalue weighted by Crippen LogP contribution is -2.39. The highest BCUT2D eigenvalue weighted by Crippen LogP contribution is 2.26. The normalized spacial score (nSPS) is 16.8. The van der Waals surface area contributed by atoms with Gasteiger partial charge in [-0.1, -0.05) is 29.8 Å². The van der Waals surface area contributed by atoms with Crippen LogP contribution in [0.3, 0.4) is 0 Å². The van der Waals surface area contributed by atoms with Gasteiger partial charge in [0.25, 0.3) is 5.91 Å². The predicted molar refractivity (Wildman–Crippen MR) is 105 cm³/mol. The Balaban J connectivity index is 1.75. The summed E-state index contributed by atoms with van der Waals surface area (Å²) in [5.41, 5.74) is 4.40. The Kier molecular flexibility index (Phi) is 4.99. The van der Waals surface area contributed by atoms with Crippen LogP contribution in [0.4, 0.5) is 16.2 Å². The molecule has 1 saturated heterocycles. The zero-order valence-electron chi connectivity index (χ0n) is 15.9. The number of hydrogen-bond donors (Lipinski definition) is 1. The number of benzene rings is 2. The third-order valence-electron chi connectivity index (χ3n) is 4.94. The molecule has 0 aromatic heterocycles. The molecule has 1 atom stereocenters. The van der Waals surface area contributed by atoms with Crippen LogP contribution in [0, 0.1) is 20.8 Å². The van der Waals surface area contributed by atoms with Gasteiger partial charge in [-0.15, -0.1) is 0 Å². The molecular formula is C21H23N3O3. The first-order valence-corrected chi connectivity index (χ1v) is 8.87. The average Bonchev–Trinajstić information content (AvgIpc) is 2.83. The fraction of sp³-hybridized carbons (Fsp3) is 0.286. The number of urea groups is 1. The topological polar surface area (TPSA) is 69.7 Å². The Morgan fingerprint density at radius 1 is 1.04 bits per heavy atom. The maximum absolute atomic E-state index is 12.8. The number of nitrogens with one attached hydrogen (secondary N) is 1. The molecule has 0 bridgehead atoms. The van der Waals surface area contributed by atoms with Crippen LogP contribution in [0.5, 0.6) is 0 Å². The van der Waals surface area contributed by atoms with E-state index in [1.165, 1.54) is 4.90 Å². The summed E-state index contributed by atoms with van der Waals surface area (Å²) in [5.74, 6) is -0.778. The Hall–Kier alpha value is -3.15. The number of nitrogens with zero attached hydrogens (tertiary/aromatic N) is 2. The van der Waals surface area contributed by atoms with Gasteiger partial charge >= 0.3 is 6.03 Å². The highest BCUT2D eigenvalue weighted by atomic mass is 16.2. The van der Waals surface area contributed by atoms with Crippen molar-refractivity contribution in [2.45, 2.75) is 33.7 Å². The van der Waals surface area contributed by atoms with Gasteiger partial charge in [0, 0.05) is 11.4 Å². The number of carbonyl (C=O) groups is 3. The standard InChI is InChI=1S/C21H23N3O3/c1-13-8-10-17(11-9-13)24-16(4)20(26)23(21(24)27)12-19(25)22-18-7-5-6-14(2)15(18)3/h5-11,16H,12H2,1-4H3,(H,22,25)/t16-/m1/s1. The molecule has 0 unspecified atom stereocenters. The third-order valence-corrected chi connectivity index (χ3v) is 4.94. The number of aryl methyl sites for hydroxylation is 2. The van der Waals surface area contributed by atoms with E-state index in [0.29, 0.717) is 11.4 Å². The number of amides is 4. The molecule has 0 radical (unpaired) electrons. The minimum atomic E-state index is -0.645. The average molecular weight is 365 g/mol. The largest absolute Gasteiger partial charge is 0.332 e. The van der Waals surface area contributed by atoms with Crippen molar-refractivity contribution in [1.29, 1.82) is 0 Å². The maximum Gasteiger partial charge on any atom is 0.332 e. The smallest absolute Gasteiger partial charge is 0.324 e. The minimum absolute atomic E-state index is 0.308. The summed E-state index contributed by atoms with van der Waals surface area (Å²) in [5, 5.41) is 2.79. The molecule has 2 aromatic carbocycles. The van der Waals surface area contributed by atoms with E-state index in [1.807, 2.05) is 45.0 Å². The molecule has 1 N–H and O–H groups in total. The second-order valence-electron chi connectivity index (χ2n) is 6.88. The molecule has 1 aliphatic heterocycles. The number of imide groups is 1. The molecule has 1 heterocycles. The summed E-state index contributed by atoms with van der Waals surface area (Å²) in [7, 11) is 0. The van der Waals surface area contributed by atoms with Crippen LogP contribution in [0.1, 0.15) is 23.6 Å². The van der Waals surface area contributed by atoms with Crippen LogP contribution in [0.15, 0.2) is 42.5 Å². The fourth-order valence-corrected chi connectivity index (χ4v) is 3.13. The lowest BCUT2D eigenvalue weighted by atomic mass is 10.1. The molecule has 0 saturated carbocycles. The van der Waals surface area contributed by atoms with Gasteiger partial charge in [0.05, 0.1) is 0 Å². The number of carbonyl (C=O) groups excluding carboxylic acids is 3. The van der Waals surface area contributed by atoms with Crippen molar-refractivity contribution in [3.63, 3.8) is 0 Å². The fourth-order valence-electron chi connectivity index (χ4n) is 3.13. The van der Waals surface area contributed by atoms with Crippen LogP contribution in [0.2, 0.25) is 0 Å². The first kappa shape index (κ1) is 18.6. The van der Waals surface area contributed by atoms with E-state index in [0.717, 1.165) is 21.6 Å². The molecule has 1 aliphatic rings. The van der Waals surface area contributed by atoms with Gasteiger partial charge in [-0.3, -0.25) is 19.4 Å². The number of hydrogen-bond acceptors (Lipinski definition) is 3. The van der Waals surface area contributed by atoms with Crippen molar-refractivity contribution >= 4 is 29.2 Å². The van der Waals surface area contributed by atoms with Crippen molar-refractivity contribution in [2.24, 2.45) is 0 Å². The monoisotopic (exact) mass is 365 g/mol. The molecular weight excluding hydrogens is 342 g/mol. The second-order valence-corrected chi connectivity index (χ2v) is 6.88. The molecule has 6 heteroatoms. The van der Waals surface area contributed by atoms with E-state index in [2.05, 4.69) is 5.32 Å². The van der Waals surface area contributed by atoms with Gasteiger partial charge < -0.3 is 5.32 Å². The summed E-state index contributed by atoms with van der Waals surface area (Å²) < 4.78 is 0. The molecule has 3 rings (SSSR count). The second kappa shape index (κ2) is 7.23. The third kappa shape index (κ3) is 3.56. The Bertz CT molecular complexity index is 905. The number of anilines is 2. The highest BCUT2D eigenvalue weighted by molar-refractivity contribution is 6.16. The van der Waals surface area contributed by atoms with Crippen molar-refractivity contribution in [3.05, 3.63) is 59.2 Å². The van der Waals surface area contributed by atoms with E-state index < -0.39 is 18.0 Å². The molecule has 140 valence electrons. The van der Waals surface area contributed by atoms with Gasteiger partial charge in [0.15, 0.2) is 0 Å². The van der Waals surface area contributed by atoms with Crippen molar-refractivity contribution < 1.29 is 14.4 Å². The summed E-state index contributed by atoms with van der Waals surface area (Å²) in [6.45, 7) is 7.19. The van der Waals surface area contributed by atoms with E-state index in [1.54, 1.807) is 25.1 Å². The van der Waals surface area contributed by atoms with Crippen molar-refractivity contribution in [3.8, 4) is 0 Å². The Labute approximate surface area is 158 Å². The Morgan fingerprint density at radius 2 is 1.70 bits per heavy atom. The van der Waals surface area contributed by atoms with Crippen LogP contribution in [-0.4, -0.2) is 35.3 Å². The first-order chi connectivity index (χ1) is 12.8. The van der Waals surface area contributed by atoms with E-state index in [-0.39, 0.29) is 12.5 Å². The highest BCUT2D eigenvalue weighted by Gasteiger charge is 2.44. The molecule has 0 aliphatic carbocycles. The molecule has 6 nitrogen and oxygen atoms in total. The Morgan fingerprint density at radius 3 is 2.37 bits per heavy atom. The van der Waals surface area contributed by atoms with Crippen LogP contribution in [-0.2, 0) is 9.59 Å². The molecule has 2 aromatic rings. The van der Waals surface area contributed by atoms with E-state index in [4.69, 9.17) is 0 Å². The summed E-state index contributed by atoms with van der Waals surface area (Å²) in [6.07, 6.45) is 0. The summed E-state index contributed by atoms with van der Waals surface area (Å²) in [4.78, 5) is 40.2. The molecule has 4 amide bonds. The maximum atomic E-state index is 12.8. The quantitative estimate of drug-likeness (QED) is 0.844. The predicted octanol–water partition coefficient (Wildman–Crippen LogP) is 3.41. The van der Waals surface area contributed by atoms with Crippen molar-refractivity contribution in [2.75, 3.05) is 16.8 Å². The van der Waals surface area contributed by atoms with Gasteiger partial charge in [-0.05, 0) is 57.0 Å². The SMILES string of the molecule is Cc1ccc(N2C(=O)N(CC(=O)Nc3cccc(C)c3C)C(=O)[C@H]2C)cc1. The summed E-state index contributed by atoms with van der Waals surface area (Å²) >= 11 is 0. The van der Waals surface area contributed by atoms with Gasteiger partial charge in [-0.2, -0.15) is 0 Å². The number of rotatable bonds is 4. The first-order valence-electron chi connectivity index (χ1n) is 8.87. The van der Waals surface area contributed by atoms with E-state index >= 15 is 0 Å². The van der Waals surface area contributed by atoms with Crippen molar-refractivity contribution in [1.82, 2.24) is 4.90 Å². The molecule has 27 heavy (non-hydrogen) atoms. The zero-order valence-corrected chi connectivity index (χ0v) is 15.9. The minimum Gasteiger partial charge on any atom is -0.324 e. The van der Waals surface area contributed by atoms with Crippen LogP contribution < -0.4 is 10.2 Å². The van der Waals surface area contributed by atoms with Crippen LogP contribution >= 0.6 is 0 Å². The lowest BCUT2D eigenvalue weighted by molar-refractivity contribution is -0.130. The molecule has 0 spiro atoms. The van der Waals surface area contributed by atoms with E-state index in [9.17, 15) is 14.4 Å².